The fourth-order valence-corrected chi connectivity index (χ4v) is 2.22. The van der Waals surface area contributed by atoms with Gasteiger partial charge in [0.15, 0.2) is 0 Å². The van der Waals surface area contributed by atoms with E-state index in [4.69, 9.17) is 11.6 Å². The first-order valence-corrected chi connectivity index (χ1v) is 6.66. The average molecular weight is 285 g/mol. The zero-order valence-corrected chi connectivity index (χ0v) is 11.5. The molecule has 0 bridgehead atoms. The van der Waals surface area contributed by atoms with Gasteiger partial charge in [0.05, 0.1) is 18.0 Å². The molecule has 0 atom stereocenters. The molecule has 0 amide bonds. The third-order valence-corrected chi connectivity index (χ3v) is 3.35. The Hall–Kier alpha value is -2.10. The molecule has 0 saturated heterocycles. The van der Waals surface area contributed by atoms with Gasteiger partial charge in [0.2, 0.25) is 0 Å². The van der Waals surface area contributed by atoms with Gasteiger partial charge >= 0.3 is 0 Å². The molecule has 20 heavy (non-hydrogen) atoms. The molecule has 3 aromatic rings. The minimum absolute atomic E-state index is 0.0438. The van der Waals surface area contributed by atoms with Gasteiger partial charge in [-0.1, -0.05) is 41.9 Å². The maximum absolute atomic E-state index is 9.51. The Labute approximate surface area is 122 Å². The fourth-order valence-electron chi connectivity index (χ4n) is 2.09. The Bertz CT molecular complexity index is 705. The average Bonchev–Trinajstić information content (AvgIpc) is 2.93. The highest BCUT2D eigenvalue weighted by molar-refractivity contribution is 6.30. The van der Waals surface area contributed by atoms with Gasteiger partial charge in [-0.3, -0.25) is 0 Å². The van der Waals surface area contributed by atoms with E-state index in [1.54, 1.807) is 4.68 Å². The molecule has 0 saturated carbocycles. The molecule has 1 N–H and O–H groups in total. The number of benzene rings is 2. The van der Waals surface area contributed by atoms with Crippen LogP contribution in [0.3, 0.4) is 0 Å². The first-order chi connectivity index (χ1) is 9.78. The lowest BCUT2D eigenvalue weighted by Gasteiger charge is -2.01. The molecule has 0 unspecified atom stereocenters. The first kappa shape index (κ1) is 12.9. The molecule has 0 aliphatic heterocycles. The van der Waals surface area contributed by atoms with Gasteiger partial charge in [0.1, 0.15) is 0 Å². The Morgan fingerprint density at radius 1 is 1.00 bits per heavy atom. The largest absolute Gasteiger partial charge is 0.392 e. The minimum Gasteiger partial charge on any atom is -0.392 e. The van der Waals surface area contributed by atoms with Crippen LogP contribution in [-0.4, -0.2) is 14.9 Å². The molecule has 0 aliphatic carbocycles. The third-order valence-electron chi connectivity index (χ3n) is 3.10. The second kappa shape index (κ2) is 5.49. The van der Waals surface area contributed by atoms with Gasteiger partial charge in [-0.05, 0) is 24.3 Å². The summed E-state index contributed by atoms with van der Waals surface area (Å²) >= 11 is 5.89. The zero-order chi connectivity index (χ0) is 13.9. The summed E-state index contributed by atoms with van der Waals surface area (Å²) in [5, 5.41) is 14.8. The van der Waals surface area contributed by atoms with Crippen LogP contribution >= 0.6 is 11.6 Å². The van der Waals surface area contributed by atoms with Crippen molar-refractivity contribution in [3.05, 3.63) is 71.4 Å². The number of hydrogen-bond donors (Lipinski definition) is 1. The van der Waals surface area contributed by atoms with E-state index in [1.807, 2.05) is 60.8 Å². The summed E-state index contributed by atoms with van der Waals surface area (Å²) in [5.41, 5.74) is 3.49. The summed E-state index contributed by atoms with van der Waals surface area (Å²) in [5.74, 6) is 0. The molecule has 1 aromatic heterocycles. The maximum atomic E-state index is 9.51. The van der Waals surface area contributed by atoms with E-state index in [0.29, 0.717) is 5.02 Å². The number of aliphatic hydroxyl groups is 1. The number of halogens is 1. The quantitative estimate of drug-likeness (QED) is 0.797. The van der Waals surface area contributed by atoms with Gasteiger partial charge in [0, 0.05) is 22.3 Å². The van der Waals surface area contributed by atoms with Crippen LogP contribution in [0.1, 0.15) is 5.56 Å². The minimum atomic E-state index is -0.0438. The second-order valence-corrected chi connectivity index (χ2v) is 4.88. The molecule has 4 heteroatoms. The van der Waals surface area contributed by atoms with E-state index in [0.717, 1.165) is 22.5 Å². The van der Waals surface area contributed by atoms with Crippen LogP contribution in [0.4, 0.5) is 0 Å². The number of aliphatic hydroxyl groups excluding tert-OH is 1. The van der Waals surface area contributed by atoms with E-state index < -0.39 is 0 Å². The molecule has 0 radical (unpaired) electrons. The van der Waals surface area contributed by atoms with Gasteiger partial charge in [0.25, 0.3) is 0 Å². The molecule has 100 valence electrons. The molecule has 0 aliphatic rings. The SMILES string of the molecule is OCc1cn(-c2ccc(Cl)cc2)nc1-c1ccccc1. The highest BCUT2D eigenvalue weighted by Gasteiger charge is 2.11. The van der Waals surface area contributed by atoms with E-state index in [1.165, 1.54) is 0 Å². The van der Waals surface area contributed by atoms with Crippen LogP contribution < -0.4 is 0 Å². The smallest absolute Gasteiger partial charge is 0.0982 e. The van der Waals surface area contributed by atoms with Gasteiger partial charge in [-0.2, -0.15) is 5.10 Å². The van der Waals surface area contributed by atoms with Crippen LogP contribution in [0.15, 0.2) is 60.8 Å². The molecule has 0 fully saturated rings. The van der Waals surface area contributed by atoms with Crippen LogP contribution in [0.25, 0.3) is 16.9 Å². The summed E-state index contributed by atoms with van der Waals surface area (Å²) < 4.78 is 1.75. The highest BCUT2D eigenvalue weighted by Crippen LogP contribution is 2.24. The first-order valence-electron chi connectivity index (χ1n) is 6.28. The van der Waals surface area contributed by atoms with Crippen molar-refractivity contribution < 1.29 is 5.11 Å². The number of rotatable bonds is 3. The van der Waals surface area contributed by atoms with E-state index in [9.17, 15) is 5.11 Å². The Morgan fingerprint density at radius 3 is 2.35 bits per heavy atom. The Morgan fingerprint density at radius 2 is 1.70 bits per heavy atom. The predicted molar refractivity (Wildman–Crippen MR) is 79.9 cm³/mol. The van der Waals surface area contributed by atoms with Crippen molar-refractivity contribution in [3.8, 4) is 16.9 Å². The van der Waals surface area contributed by atoms with Crippen molar-refractivity contribution in [2.75, 3.05) is 0 Å². The van der Waals surface area contributed by atoms with Crippen LogP contribution in [0.2, 0.25) is 5.02 Å². The zero-order valence-electron chi connectivity index (χ0n) is 10.7. The third kappa shape index (κ3) is 2.46. The lowest BCUT2D eigenvalue weighted by atomic mass is 10.1. The van der Waals surface area contributed by atoms with Crippen molar-refractivity contribution in [2.45, 2.75) is 6.61 Å². The number of aromatic nitrogens is 2. The Balaban J connectivity index is 2.07. The van der Waals surface area contributed by atoms with E-state index >= 15 is 0 Å². The van der Waals surface area contributed by atoms with Crippen molar-refractivity contribution in [3.63, 3.8) is 0 Å². The summed E-state index contributed by atoms with van der Waals surface area (Å²) in [7, 11) is 0. The molecular formula is C16H13ClN2O. The lowest BCUT2D eigenvalue weighted by Crippen LogP contribution is -1.94. The molecule has 0 spiro atoms. The lowest BCUT2D eigenvalue weighted by molar-refractivity contribution is 0.282. The number of hydrogen-bond acceptors (Lipinski definition) is 2. The molecule has 2 aromatic carbocycles. The topological polar surface area (TPSA) is 38.0 Å². The monoisotopic (exact) mass is 284 g/mol. The van der Waals surface area contributed by atoms with E-state index in [2.05, 4.69) is 5.10 Å². The standard InChI is InChI=1S/C16H13ClN2O/c17-14-6-8-15(9-7-14)19-10-13(11-20)16(18-19)12-4-2-1-3-5-12/h1-10,20H,11H2. The van der Waals surface area contributed by atoms with Crippen molar-refractivity contribution >= 4 is 11.6 Å². The van der Waals surface area contributed by atoms with Gasteiger partial charge in [-0.15, -0.1) is 0 Å². The van der Waals surface area contributed by atoms with Crippen LogP contribution in [0.5, 0.6) is 0 Å². The second-order valence-electron chi connectivity index (χ2n) is 4.45. The van der Waals surface area contributed by atoms with Gasteiger partial charge < -0.3 is 5.11 Å². The van der Waals surface area contributed by atoms with Crippen LogP contribution in [0, 0.1) is 0 Å². The normalized spacial score (nSPS) is 10.7. The van der Waals surface area contributed by atoms with Crippen LogP contribution in [-0.2, 0) is 6.61 Å². The van der Waals surface area contributed by atoms with E-state index in [-0.39, 0.29) is 6.61 Å². The summed E-state index contributed by atoms with van der Waals surface area (Å²) in [6.07, 6.45) is 1.84. The fraction of sp³-hybridized carbons (Fsp3) is 0.0625. The number of nitrogens with zero attached hydrogens (tertiary/aromatic N) is 2. The summed E-state index contributed by atoms with van der Waals surface area (Å²) in [4.78, 5) is 0. The summed E-state index contributed by atoms with van der Waals surface area (Å²) in [6.45, 7) is -0.0438. The molecule has 1 heterocycles. The van der Waals surface area contributed by atoms with Crippen molar-refractivity contribution in [2.24, 2.45) is 0 Å². The van der Waals surface area contributed by atoms with Crippen molar-refractivity contribution in [1.82, 2.24) is 9.78 Å². The summed E-state index contributed by atoms with van der Waals surface area (Å²) in [6, 6.07) is 17.3. The Kier molecular flexibility index (Phi) is 3.54. The predicted octanol–water partition coefficient (Wildman–Crippen LogP) is 3.69. The maximum Gasteiger partial charge on any atom is 0.0982 e. The molecule has 3 nitrogen and oxygen atoms in total. The van der Waals surface area contributed by atoms with Crippen molar-refractivity contribution in [1.29, 1.82) is 0 Å². The highest BCUT2D eigenvalue weighted by atomic mass is 35.5. The molecular weight excluding hydrogens is 272 g/mol. The van der Waals surface area contributed by atoms with Gasteiger partial charge in [-0.25, -0.2) is 4.68 Å². The molecule has 3 rings (SSSR count).